The summed E-state index contributed by atoms with van der Waals surface area (Å²) in [5.74, 6) is -0.696. The van der Waals surface area contributed by atoms with E-state index in [0.717, 1.165) is 5.56 Å². The number of carbonyl (C=O) groups is 1. The van der Waals surface area contributed by atoms with E-state index in [1.807, 2.05) is 30.3 Å². The second kappa shape index (κ2) is 7.22. The number of hydrogen-bond acceptors (Lipinski definition) is 4. The molecule has 0 heterocycles. The van der Waals surface area contributed by atoms with Crippen molar-refractivity contribution in [1.29, 1.82) is 0 Å². The van der Waals surface area contributed by atoms with Crippen LogP contribution in [0.4, 0.5) is 0 Å². The Morgan fingerprint density at radius 1 is 1.44 bits per heavy atom. The first-order valence-electron chi connectivity index (χ1n) is 4.70. The molecule has 1 aromatic carbocycles. The third kappa shape index (κ3) is 4.18. The highest BCUT2D eigenvalue weighted by Crippen LogP contribution is 2.05. The number of methoxy groups -OCH3 is 1. The minimum absolute atomic E-state index is 0. The molecule has 0 radical (unpaired) electrons. The lowest BCUT2D eigenvalue weighted by Crippen LogP contribution is -2.42. The van der Waals surface area contributed by atoms with Gasteiger partial charge in [-0.3, -0.25) is 0 Å². The van der Waals surface area contributed by atoms with Gasteiger partial charge in [-0.2, -0.15) is 0 Å². The topological polar surface area (TPSA) is 72.5 Å². The number of halogens is 1. The molecule has 0 aliphatic rings. The Balaban J connectivity index is 0.00000225. The zero-order valence-electron chi connectivity index (χ0n) is 9.00. The SMILES string of the molecule is COC(=O)[C@H](O)[C@H](N)Cc1ccccc1.Cl. The normalized spacial score (nSPS) is 13.4. The van der Waals surface area contributed by atoms with Crippen LogP contribution in [0.25, 0.3) is 0 Å². The standard InChI is InChI=1S/C11H15NO3.ClH/c1-15-11(14)10(13)9(12)7-8-5-3-2-4-6-8;/h2-6,9-10,13H,7,12H2,1H3;1H/t9-,10-;/m1./s1. The highest BCUT2D eigenvalue weighted by atomic mass is 35.5. The first kappa shape index (κ1) is 14.9. The van der Waals surface area contributed by atoms with Crippen molar-refractivity contribution in [2.45, 2.75) is 18.6 Å². The smallest absolute Gasteiger partial charge is 0.336 e. The van der Waals surface area contributed by atoms with Gasteiger partial charge < -0.3 is 15.6 Å². The van der Waals surface area contributed by atoms with Crippen LogP contribution in [0.3, 0.4) is 0 Å². The van der Waals surface area contributed by atoms with Crippen LogP contribution in [0, 0.1) is 0 Å². The molecule has 0 amide bonds. The summed E-state index contributed by atoms with van der Waals surface area (Å²) in [5.41, 5.74) is 6.65. The van der Waals surface area contributed by atoms with Gasteiger partial charge in [-0.25, -0.2) is 4.79 Å². The number of ether oxygens (including phenoxy) is 1. The van der Waals surface area contributed by atoms with Crippen LogP contribution in [-0.2, 0) is 16.0 Å². The first-order chi connectivity index (χ1) is 7.15. The number of esters is 1. The lowest BCUT2D eigenvalue weighted by atomic mass is 10.0. The average molecular weight is 246 g/mol. The lowest BCUT2D eigenvalue weighted by molar-refractivity contribution is -0.151. The molecule has 1 rings (SSSR count). The van der Waals surface area contributed by atoms with Gasteiger partial charge in [0, 0.05) is 6.04 Å². The molecule has 2 atom stereocenters. The van der Waals surface area contributed by atoms with Gasteiger partial charge in [0.15, 0.2) is 6.10 Å². The Hall–Kier alpha value is -1.10. The van der Waals surface area contributed by atoms with Crippen LogP contribution in [-0.4, -0.2) is 30.3 Å². The van der Waals surface area contributed by atoms with Crippen molar-refractivity contribution in [3.05, 3.63) is 35.9 Å². The number of carbonyl (C=O) groups excluding carboxylic acids is 1. The number of rotatable bonds is 4. The van der Waals surface area contributed by atoms with Crippen LogP contribution in [0.5, 0.6) is 0 Å². The Morgan fingerprint density at radius 3 is 2.50 bits per heavy atom. The summed E-state index contributed by atoms with van der Waals surface area (Å²) < 4.78 is 4.40. The first-order valence-corrected chi connectivity index (χ1v) is 4.70. The maximum absolute atomic E-state index is 11.0. The van der Waals surface area contributed by atoms with Gasteiger partial charge in [-0.05, 0) is 12.0 Å². The molecule has 0 aliphatic heterocycles. The number of aliphatic hydroxyl groups is 1. The van der Waals surface area contributed by atoms with Gasteiger partial charge in [0.25, 0.3) is 0 Å². The van der Waals surface area contributed by atoms with E-state index in [0.29, 0.717) is 6.42 Å². The van der Waals surface area contributed by atoms with Crippen LogP contribution in [0.2, 0.25) is 0 Å². The Morgan fingerprint density at radius 2 is 2.00 bits per heavy atom. The van der Waals surface area contributed by atoms with Crippen molar-refractivity contribution in [1.82, 2.24) is 0 Å². The largest absolute Gasteiger partial charge is 0.467 e. The second-order valence-corrected chi connectivity index (χ2v) is 3.32. The van der Waals surface area contributed by atoms with Crippen LogP contribution in [0.1, 0.15) is 5.56 Å². The summed E-state index contributed by atoms with van der Waals surface area (Å²) in [6, 6.07) is 8.80. The summed E-state index contributed by atoms with van der Waals surface area (Å²) in [4.78, 5) is 11.0. The average Bonchev–Trinajstić information content (AvgIpc) is 2.28. The second-order valence-electron chi connectivity index (χ2n) is 3.32. The monoisotopic (exact) mass is 245 g/mol. The van der Waals surface area contributed by atoms with Crippen LogP contribution < -0.4 is 5.73 Å². The van der Waals surface area contributed by atoms with Gasteiger partial charge >= 0.3 is 5.97 Å². The number of aliphatic hydroxyl groups excluding tert-OH is 1. The van der Waals surface area contributed by atoms with E-state index in [9.17, 15) is 9.90 Å². The zero-order chi connectivity index (χ0) is 11.3. The molecule has 0 fully saturated rings. The fraction of sp³-hybridized carbons (Fsp3) is 0.364. The Kier molecular flexibility index (Phi) is 6.72. The molecule has 1 aromatic rings. The maximum atomic E-state index is 11.0. The summed E-state index contributed by atoms with van der Waals surface area (Å²) >= 11 is 0. The van der Waals surface area contributed by atoms with E-state index in [1.165, 1.54) is 7.11 Å². The zero-order valence-corrected chi connectivity index (χ0v) is 9.81. The summed E-state index contributed by atoms with van der Waals surface area (Å²) in [5, 5.41) is 9.45. The molecule has 0 bridgehead atoms. The van der Waals surface area contributed by atoms with E-state index in [4.69, 9.17) is 5.73 Å². The molecule has 3 N–H and O–H groups in total. The van der Waals surface area contributed by atoms with Gasteiger partial charge in [0.1, 0.15) is 0 Å². The maximum Gasteiger partial charge on any atom is 0.336 e. The van der Waals surface area contributed by atoms with Crippen molar-refractivity contribution in [2.75, 3.05) is 7.11 Å². The highest BCUT2D eigenvalue weighted by molar-refractivity contribution is 5.85. The van der Waals surface area contributed by atoms with E-state index < -0.39 is 18.1 Å². The number of hydrogen-bond donors (Lipinski definition) is 2. The molecule has 0 aliphatic carbocycles. The summed E-state index contributed by atoms with van der Waals surface area (Å²) in [6.45, 7) is 0. The Bertz CT molecular complexity index is 318. The van der Waals surface area contributed by atoms with Crippen molar-refractivity contribution in [3.63, 3.8) is 0 Å². The van der Waals surface area contributed by atoms with E-state index in [2.05, 4.69) is 4.74 Å². The van der Waals surface area contributed by atoms with Crippen molar-refractivity contribution < 1.29 is 14.6 Å². The minimum atomic E-state index is -1.27. The molecule has 0 spiro atoms. The molecule has 0 saturated heterocycles. The molecular weight excluding hydrogens is 230 g/mol. The van der Waals surface area contributed by atoms with Crippen LogP contribution in [0.15, 0.2) is 30.3 Å². The fourth-order valence-electron chi connectivity index (χ4n) is 1.29. The summed E-state index contributed by atoms with van der Waals surface area (Å²) in [7, 11) is 1.22. The summed E-state index contributed by atoms with van der Waals surface area (Å²) in [6.07, 6.45) is -0.827. The minimum Gasteiger partial charge on any atom is -0.467 e. The van der Waals surface area contributed by atoms with E-state index >= 15 is 0 Å². The molecule has 90 valence electrons. The molecule has 0 unspecified atom stereocenters. The fourth-order valence-corrected chi connectivity index (χ4v) is 1.29. The van der Waals surface area contributed by atoms with Gasteiger partial charge in [0.2, 0.25) is 0 Å². The molecule has 5 heteroatoms. The molecular formula is C11H16ClNO3. The quantitative estimate of drug-likeness (QED) is 0.759. The van der Waals surface area contributed by atoms with Gasteiger partial charge in [0.05, 0.1) is 7.11 Å². The van der Waals surface area contributed by atoms with Crippen LogP contribution >= 0.6 is 12.4 Å². The third-order valence-corrected chi connectivity index (χ3v) is 2.16. The lowest BCUT2D eigenvalue weighted by Gasteiger charge is -2.16. The van der Waals surface area contributed by atoms with Gasteiger partial charge in [-0.15, -0.1) is 12.4 Å². The molecule has 4 nitrogen and oxygen atoms in total. The van der Waals surface area contributed by atoms with Crippen molar-refractivity contribution in [3.8, 4) is 0 Å². The Labute approximate surface area is 101 Å². The van der Waals surface area contributed by atoms with Crippen molar-refractivity contribution >= 4 is 18.4 Å². The van der Waals surface area contributed by atoms with E-state index in [-0.39, 0.29) is 12.4 Å². The molecule has 0 saturated carbocycles. The van der Waals surface area contributed by atoms with Crippen molar-refractivity contribution in [2.24, 2.45) is 5.73 Å². The van der Waals surface area contributed by atoms with Gasteiger partial charge in [-0.1, -0.05) is 30.3 Å². The predicted molar refractivity (Wildman–Crippen MR) is 63.4 cm³/mol. The molecule has 0 aromatic heterocycles. The third-order valence-electron chi connectivity index (χ3n) is 2.16. The molecule has 16 heavy (non-hydrogen) atoms. The highest BCUT2D eigenvalue weighted by Gasteiger charge is 2.23. The predicted octanol–water partition coefficient (Wildman–Crippen LogP) is 0.512. The number of benzene rings is 1. The number of nitrogens with two attached hydrogens (primary N) is 1. The van der Waals surface area contributed by atoms with E-state index in [1.54, 1.807) is 0 Å².